The SMILES string of the molecule is CCOC(=O)c1cc(OC(F)(F)F)ncc1N. The highest BCUT2D eigenvalue weighted by Gasteiger charge is 2.32. The first-order chi connectivity index (χ1) is 7.83. The van der Waals surface area contributed by atoms with Crippen molar-refractivity contribution in [3.8, 4) is 5.88 Å². The van der Waals surface area contributed by atoms with Crippen LogP contribution in [0.4, 0.5) is 18.9 Å². The standard InChI is InChI=1S/C9H9F3N2O3/c1-2-16-8(15)5-3-7(14-4-6(5)13)17-9(10,11)12/h3-4H,2,13H2,1H3. The molecule has 0 atom stereocenters. The van der Waals surface area contributed by atoms with Crippen molar-refractivity contribution in [3.63, 3.8) is 0 Å². The van der Waals surface area contributed by atoms with E-state index in [0.717, 1.165) is 12.3 Å². The number of pyridine rings is 1. The number of nitrogens with zero attached hydrogens (tertiary/aromatic N) is 1. The third-order valence-electron chi connectivity index (χ3n) is 1.63. The van der Waals surface area contributed by atoms with Crippen molar-refractivity contribution < 1.29 is 27.4 Å². The van der Waals surface area contributed by atoms with Gasteiger partial charge in [-0.05, 0) is 6.92 Å². The van der Waals surface area contributed by atoms with Crippen molar-refractivity contribution >= 4 is 11.7 Å². The molecule has 0 aliphatic carbocycles. The highest BCUT2D eigenvalue weighted by molar-refractivity contribution is 5.95. The summed E-state index contributed by atoms with van der Waals surface area (Å²) < 4.78 is 43.9. The smallest absolute Gasteiger partial charge is 0.462 e. The van der Waals surface area contributed by atoms with E-state index in [1.54, 1.807) is 6.92 Å². The lowest BCUT2D eigenvalue weighted by Crippen LogP contribution is -2.18. The van der Waals surface area contributed by atoms with Gasteiger partial charge in [0, 0.05) is 6.07 Å². The Morgan fingerprint density at radius 2 is 2.18 bits per heavy atom. The van der Waals surface area contributed by atoms with Crippen LogP contribution in [-0.2, 0) is 4.74 Å². The van der Waals surface area contributed by atoms with Crippen LogP contribution >= 0.6 is 0 Å². The van der Waals surface area contributed by atoms with E-state index in [4.69, 9.17) is 5.73 Å². The average Bonchev–Trinajstić information content (AvgIpc) is 2.19. The van der Waals surface area contributed by atoms with E-state index in [-0.39, 0.29) is 17.9 Å². The molecule has 2 N–H and O–H groups in total. The second-order valence-corrected chi connectivity index (χ2v) is 2.88. The second kappa shape index (κ2) is 4.89. The first kappa shape index (κ1) is 13.1. The molecule has 0 aromatic carbocycles. The molecule has 1 aromatic rings. The Hall–Kier alpha value is -1.99. The fourth-order valence-corrected chi connectivity index (χ4v) is 1.01. The number of anilines is 1. The maximum absolute atomic E-state index is 11.9. The van der Waals surface area contributed by atoms with Gasteiger partial charge in [-0.2, -0.15) is 0 Å². The van der Waals surface area contributed by atoms with E-state index in [0.29, 0.717) is 0 Å². The van der Waals surface area contributed by atoms with Crippen LogP contribution in [-0.4, -0.2) is 23.9 Å². The zero-order valence-corrected chi connectivity index (χ0v) is 8.75. The number of carbonyl (C=O) groups excluding carboxylic acids is 1. The molecule has 0 saturated carbocycles. The number of nitrogen functional groups attached to an aromatic ring is 1. The molecule has 0 aliphatic heterocycles. The van der Waals surface area contributed by atoms with Crippen LogP contribution in [0, 0.1) is 0 Å². The van der Waals surface area contributed by atoms with Crippen molar-refractivity contribution in [3.05, 3.63) is 17.8 Å². The van der Waals surface area contributed by atoms with Crippen LogP contribution in [0.2, 0.25) is 0 Å². The predicted molar refractivity (Wildman–Crippen MR) is 51.3 cm³/mol. The summed E-state index contributed by atoms with van der Waals surface area (Å²) in [6.45, 7) is 1.64. The highest BCUT2D eigenvalue weighted by Crippen LogP contribution is 2.23. The fourth-order valence-electron chi connectivity index (χ4n) is 1.01. The van der Waals surface area contributed by atoms with Gasteiger partial charge in [-0.15, -0.1) is 13.2 Å². The van der Waals surface area contributed by atoms with Gasteiger partial charge in [0.05, 0.1) is 24.1 Å². The van der Waals surface area contributed by atoms with Crippen LogP contribution in [0.25, 0.3) is 0 Å². The number of rotatable bonds is 3. The van der Waals surface area contributed by atoms with Gasteiger partial charge >= 0.3 is 12.3 Å². The van der Waals surface area contributed by atoms with E-state index in [1.165, 1.54) is 0 Å². The number of carbonyl (C=O) groups is 1. The van der Waals surface area contributed by atoms with E-state index in [9.17, 15) is 18.0 Å². The molecule has 1 rings (SSSR count). The molecule has 0 amide bonds. The number of aromatic nitrogens is 1. The van der Waals surface area contributed by atoms with Crippen LogP contribution in [0.15, 0.2) is 12.3 Å². The Kier molecular flexibility index (Phi) is 3.77. The molecular formula is C9H9F3N2O3. The predicted octanol–water partition coefficient (Wildman–Crippen LogP) is 1.74. The zero-order valence-electron chi connectivity index (χ0n) is 8.75. The Labute approximate surface area is 94.3 Å². The molecule has 94 valence electrons. The fraction of sp³-hybridized carbons (Fsp3) is 0.333. The van der Waals surface area contributed by atoms with Gasteiger partial charge in [-0.25, -0.2) is 9.78 Å². The number of nitrogens with two attached hydrogens (primary N) is 1. The van der Waals surface area contributed by atoms with Crippen LogP contribution in [0.5, 0.6) is 5.88 Å². The summed E-state index contributed by atoms with van der Waals surface area (Å²) in [7, 11) is 0. The quantitative estimate of drug-likeness (QED) is 0.827. The third kappa shape index (κ3) is 3.82. The Balaban J connectivity index is 2.98. The summed E-state index contributed by atoms with van der Waals surface area (Å²) in [6.07, 6.45) is -3.98. The molecule has 0 saturated heterocycles. The van der Waals surface area contributed by atoms with Gasteiger partial charge in [0.25, 0.3) is 0 Å². The molecule has 0 fully saturated rings. The van der Waals surface area contributed by atoms with E-state index in [2.05, 4.69) is 14.5 Å². The average molecular weight is 250 g/mol. The third-order valence-corrected chi connectivity index (χ3v) is 1.63. The number of alkyl halides is 3. The monoisotopic (exact) mass is 250 g/mol. The normalized spacial score (nSPS) is 11.1. The molecule has 0 bridgehead atoms. The molecule has 8 heteroatoms. The van der Waals surface area contributed by atoms with Crippen molar-refractivity contribution in [2.45, 2.75) is 13.3 Å². The molecule has 5 nitrogen and oxygen atoms in total. The molecule has 1 aromatic heterocycles. The van der Waals surface area contributed by atoms with Crippen molar-refractivity contribution in [1.29, 1.82) is 0 Å². The lowest BCUT2D eigenvalue weighted by molar-refractivity contribution is -0.276. The molecular weight excluding hydrogens is 241 g/mol. The van der Waals surface area contributed by atoms with Crippen LogP contribution < -0.4 is 10.5 Å². The van der Waals surface area contributed by atoms with Crippen molar-refractivity contribution in [2.24, 2.45) is 0 Å². The van der Waals surface area contributed by atoms with Gasteiger partial charge in [0.1, 0.15) is 0 Å². The molecule has 0 radical (unpaired) electrons. The highest BCUT2D eigenvalue weighted by atomic mass is 19.4. The van der Waals surface area contributed by atoms with Gasteiger partial charge < -0.3 is 15.2 Å². The minimum Gasteiger partial charge on any atom is -0.462 e. The molecule has 0 unspecified atom stereocenters. The largest absolute Gasteiger partial charge is 0.574 e. The minimum absolute atomic E-state index is 0.0794. The molecule has 1 heterocycles. The van der Waals surface area contributed by atoms with E-state index in [1.807, 2.05) is 0 Å². The number of hydrogen-bond acceptors (Lipinski definition) is 5. The van der Waals surface area contributed by atoms with E-state index >= 15 is 0 Å². The lowest BCUT2D eigenvalue weighted by atomic mass is 10.2. The summed E-state index contributed by atoms with van der Waals surface area (Å²) in [6, 6.07) is 0.779. The van der Waals surface area contributed by atoms with Crippen LogP contribution in [0.1, 0.15) is 17.3 Å². The minimum atomic E-state index is -4.88. The maximum Gasteiger partial charge on any atom is 0.574 e. The molecule has 0 aliphatic rings. The van der Waals surface area contributed by atoms with Gasteiger partial charge in [-0.1, -0.05) is 0 Å². The first-order valence-electron chi connectivity index (χ1n) is 4.52. The topological polar surface area (TPSA) is 74.4 Å². The number of hydrogen-bond donors (Lipinski definition) is 1. The van der Waals surface area contributed by atoms with Gasteiger partial charge in [0.2, 0.25) is 5.88 Å². The summed E-state index contributed by atoms with van der Waals surface area (Å²) in [4.78, 5) is 14.6. The van der Waals surface area contributed by atoms with Crippen LogP contribution in [0.3, 0.4) is 0 Å². The number of halogens is 3. The van der Waals surface area contributed by atoms with Gasteiger partial charge in [-0.3, -0.25) is 0 Å². The second-order valence-electron chi connectivity index (χ2n) is 2.88. The Morgan fingerprint density at radius 3 is 2.71 bits per heavy atom. The summed E-state index contributed by atoms with van der Waals surface area (Å²) in [5.74, 6) is -1.60. The number of ether oxygens (including phenoxy) is 2. The van der Waals surface area contributed by atoms with Crippen molar-refractivity contribution in [1.82, 2.24) is 4.98 Å². The van der Waals surface area contributed by atoms with Crippen molar-refractivity contribution in [2.75, 3.05) is 12.3 Å². The van der Waals surface area contributed by atoms with E-state index < -0.39 is 18.2 Å². The Bertz CT molecular complexity index is 420. The maximum atomic E-state index is 11.9. The summed E-state index contributed by atoms with van der Waals surface area (Å²) >= 11 is 0. The zero-order chi connectivity index (χ0) is 13.1. The summed E-state index contributed by atoms with van der Waals surface area (Å²) in [5, 5.41) is 0. The molecule has 0 spiro atoms. The first-order valence-corrected chi connectivity index (χ1v) is 4.52. The van der Waals surface area contributed by atoms with Gasteiger partial charge in [0.15, 0.2) is 0 Å². The number of esters is 1. The molecule has 17 heavy (non-hydrogen) atoms. The Morgan fingerprint density at radius 1 is 1.53 bits per heavy atom. The summed E-state index contributed by atoms with van der Waals surface area (Å²) in [5.41, 5.74) is 5.08. The lowest BCUT2D eigenvalue weighted by Gasteiger charge is -2.10.